The van der Waals surface area contributed by atoms with Crippen LogP contribution in [-0.4, -0.2) is 28.5 Å². The summed E-state index contributed by atoms with van der Waals surface area (Å²) in [6.45, 7) is 0.302. The Morgan fingerprint density at radius 3 is 2.37 bits per heavy atom. The van der Waals surface area contributed by atoms with E-state index in [1.54, 1.807) is 0 Å². The average molecular weight is 305 g/mol. The number of carbonyl (C=O) groups excluding carboxylic acids is 1. The molecule has 2 nitrogen and oxygen atoms in total. The molecule has 1 aliphatic heterocycles. The third-order valence-electron chi connectivity index (χ3n) is 3.57. The monoisotopic (exact) mass is 304 g/mol. The van der Waals surface area contributed by atoms with Crippen LogP contribution in [0.4, 0.5) is 0 Å². The molecule has 0 spiro atoms. The maximum atomic E-state index is 11.7. The Kier molecular flexibility index (Phi) is 11.1. The van der Waals surface area contributed by atoms with E-state index in [1.165, 1.54) is 25.0 Å². The first kappa shape index (κ1) is 17.4. The van der Waals surface area contributed by atoms with Crippen LogP contribution in [0.3, 0.4) is 0 Å². The molecule has 0 radical (unpaired) electrons. The highest BCUT2D eigenvalue weighted by Gasteiger charge is 2.15. The largest absolute Gasteiger partial charge is 0.396 e. The molecule has 0 aromatic rings. The molecule has 1 atom stereocenters. The summed E-state index contributed by atoms with van der Waals surface area (Å²) in [4.78, 5) is 11.7. The molecular weight excluding hydrogens is 276 g/mol. The SMILES string of the molecule is O=C(CCCCCCCO)CCCCC1CCSS1. The minimum atomic E-state index is 0.302. The van der Waals surface area contributed by atoms with Crippen molar-refractivity contribution in [3.05, 3.63) is 0 Å². The number of ketones is 1. The van der Waals surface area contributed by atoms with Gasteiger partial charge < -0.3 is 5.11 Å². The second-order valence-electron chi connectivity index (χ2n) is 5.35. The van der Waals surface area contributed by atoms with Gasteiger partial charge >= 0.3 is 0 Å². The molecule has 1 N–H and O–H groups in total. The van der Waals surface area contributed by atoms with Gasteiger partial charge in [-0.3, -0.25) is 4.79 Å². The Balaban J connectivity index is 1.82. The molecule has 1 aliphatic rings. The van der Waals surface area contributed by atoms with E-state index in [9.17, 15) is 4.79 Å². The van der Waals surface area contributed by atoms with Gasteiger partial charge in [-0.25, -0.2) is 0 Å². The molecule has 1 unspecified atom stereocenters. The zero-order chi connectivity index (χ0) is 13.8. The van der Waals surface area contributed by atoms with Gasteiger partial charge in [-0.1, -0.05) is 47.3 Å². The summed E-state index contributed by atoms with van der Waals surface area (Å²) in [5.41, 5.74) is 0. The predicted molar refractivity (Wildman–Crippen MR) is 86.7 cm³/mol. The maximum Gasteiger partial charge on any atom is 0.132 e. The lowest BCUT2D eigenvalue weighted by Gasteiger charge is -2.06. The lowest BCUT2D eigenvalue weighted by atomic mass is 10.0. The minimum Gasteiger partial charge on any atom is -0.396 e. The van der Waals surface area contributed by atoms with Crippen molar-refractivity contribution < 1.29 is 9.90 Å². The highest BCUT2D eigenvalue weighted by Crippen LogP contribution is 2.39. The standard InChI is InChI=1S/C15H28O2S2/c16-12-7-3-1-2-4-8-14(17)9-5-6-10-15-11-13-18-19-15/h15-16H,1-13H2. The van der Waals surface area contributed by atoms with Crippen molar-refractivity contribution in [1.82, 2.24) is 0 Å². The van der Waals surface area contributed by atoms with Crippen LogP contribution in [0.25, 0.3) is 0 Å². The smallest absolute Gasteiger partial charge is 0.132 e. The van der Waals surface area contributed by atoms with Crippen molar-refractivity contribution in [2.75, 3.05) is 12.4 Å². The Morgan fingerprint density at radius 2 is 1.68 bits per heavy atom. The third-order valence-corrected chi connectivity index (χ3v) is 6.58. The van der Waals surface area contributed by atoms with E-state index in [0.29, 0.717) is 12.4 Å². The molecule has 1 saturated heterocycles. The molecule has 0 saturated carbocycles. The molecule has 112 valence electrons. The molecule has 1 fully saturated rings. The van der Waals surface area contributed by atoms with Gasteiger partial charge in [-0.05, 0) is 32.1 Å². The maximum absolute atomic E-state index is 11.7. The second kappa shape index (κ2) is 12.1. The summed E-state index contributed by atoms with van der Waals surface area (Å²) in [5.74, 6) is 1.76. The van der Waals surface area contributed by atoms with E-state index >= 15 is 0 Å². The summed E-state index contributed by atoms with van der Waals surface area (Å²) in [7, 11) is 4.04. The van der Waals surface area contributed by atoms with Crippen LogP contribution < -0.4 is 0 Å². The number of carbonyl (C=O) groups is 1. The summed E-state index contributed by atoms with van der Waals surface area (Å²) < 4.78 is 0. The first-order chi connectivity index (χ1) is 9.33. The topological polar surface area (TPSA) is 37.3 Å². The van der Waals surface area contributed by atoms with E-state index in [4.69, 9.17) is 5.11 Å². The van der Waals surface area contributed by atoms with Gasteiger partial charge in [0, 0.05) is 30.5 Å². The molecule has 0 bridgehead atoms. The molecule has 19 heavy (non-hydrogen) atoms. The van der Waals surface area contributed by atoms with Crippen molar-refractivity contribution in [3.8, 4) is 0 Å². The third kappa shape index (κ3) is 9.80. The molecule has 1 rings (SSSR count). The minimum absolute atomic E-state index is 0.302. The number of hydrogen-bond acceptors (Lipinski definition) is 4. The predicted octanol–water partition coefficient (Wildman–Crippen LogP) is 4.60. The van der Waals surface area contributed by atoms with Crippen LogP contribution >= 0.6 is 21.6 Å². The van der Waals surface area contributed by atoms with Crippen LogP contribution in [0.15, 0.2) is 0 Å². The van der Waals surface area contributed by atoms with Gasteiger partial charge in [0.25, 0.3) is 0 Å². The summed E-state index contributed by atoms with van der Waals surface area (Å²) in [5, 5.41) is 9.51. The van der Waals surface area contributed by atoms with Gasteiger partial charge in [-0.15, -0.1) is 0 Å². The van der Waals surface area contributed by atoms with Crippen molar-refractivity contribution >= 4 is 27.4 Å². The number of Topliss-reactive ketones (excluding diaryl/α,β-unsaturated/α-hetero) is 1. The Hall–Kier alpha value is 0.330. The van der Waals surface area contributed by atoms with Gasteiger partial charge in [0.1, 0.15) is 5.78 Å². The van der Waals surface area contributed by atoms with E-state index in [2.05, 4.69) is 0 Å². The summed E-state index contributed by atoms with van der Waals surface area (Å²) >= 11 is 0. The van der Waals surface area contributed by atoms with Crippen LogP contribution in [0.1, 0.15) is 70.6 Å². The molecule has 1 heterocycles. The second-order valence-corrected chi connectivity index (χ2v) is 8.14. The molecule has 4 heteroatoms. The normalized spacial score (nSPS) is 18.9. The highest BCUT2D eigenvalue weighted by molar-refractivity contribution is 8.77. The fourth-order valence-electron chi connectivity index (χ4n) is 2.35. The highest BCUT2D eigenvalue weighted by atomic mass is 33.1. The Morgan fingerprint density at radius 1 is 1.00 bits per heavy atom. The van der Waals surface area contributed by atoms with E-state index < -0.39 is 0 Å². The van der Waals surface area contributed by atoms with Gasteiger partial charge in [0.15, 0.2) is 0 Å². The number of unbranched alkanes of at least 4 members (excludes halogenated alkanes) is 5. The van der Waals surface area contributed by atoms with Gasteiger partial charge in [0.05, 0.1) is 0 Å². The van der Waals surface area contributed by atoms with Crippen molar-refractivity contribution in [3.63, 3.8) is 0 Å². The zero-order valence-corrected chi connectivity index (χ0v) is 13.6. The fourth-order valence-corrected chi connectivity index (χ4v) is 5.38. The lowest BCUT2D eigenvalue weighted by Crippen LogP contribution is -2.00. The van der Waals surface area contributed by atoms with Crippen molar-refractivity contribution in [2.45, 2.75) is 75.9 Å². The summed E-state index contributed by atoms with van der Waals surface area (Å²) in [6, 6.07) is 0. The number of aliphatic hydroxyl groups excluding tert-OH is 1. The van der Waals surface area contributed by atoms with Crippen molar-refractivity contribution in [2.24, 2.45) is 0 Å². The molecule has 0 aliphatic carbocycles. The van der Waals surface area contributed by atoms with E-state index in [0.717, 1.165) is 56.6 Å². The van der Waals surface area contributed by atoms with Crippen LogP contribution in [0.5, 0.6) is 0 Å². The van der Waals surface area contributed by atoms with Crippen LogP contribution in [0, 0.1) is 0 Å². The van der Waals surface area contributed by atoms with Crippen molar-refractivity contribution in [1.29, 1.82) is 0 Å². The Bertz CT molecular complexity index is 228. The number of rotatable bonds is 12. The first-order valence-corrected chi connectivity index (χ1v) is 10.1. The van der Waals surface area contributed by atoms with E-state index in [-0.39, 0.29) is 0 Å². The molecule has 0 aromatic carbocycles. The summed E-state index contributed by atoms with van der Waals surface area (Å²) in [6.07, 6.45) is 11.9. The molecular formula is C15H28O2S2. The van der Waals surface area contributed by atoms with Gasteiger partial charge in [-0.2, -0.15) is 0 Å². The van der Waals surface area contributed by atoms with Gasteiger partial charge in [0.2, 0.25) is 0 Å². The number of aliphatic hydroxyl groups is 1. The number of hydrogen-bond donors (Lipinski definition) is 1. The lowest BCUT2D eigenvalue weighted by molar-refractivity contribution is -0.119. The molecule has 0 aromatic heterocycles. The first-order valence-electron chi connectivity index (χ1n) is 7.73. The Labute approximate surface area is 125 Å². The quantitative estimate of drug-likeness (QED) is 0.422. The average Bonchev–Trinajstić information content (AvgIpc) is 2.92. The fraction of sp³-hybridized carbons (Fsp3) is 0.933. The molecule has 0 amide bonds. The van der Waals surface area contributed by atoms with E-state index in [1.807, 2.05) is 21.6 Å². The van der Waals surface area contributed by atoms with Crippen LogP contribution in [0.2, 0.25) is 0 Å². The zero-order valence-electron chi connectivity index (χ0n) is 11.9. The van der Waals surface area contributed by atoms with Crippen LogP contribution in [-0.2, 0) is 4.79 Å².